The average Bonchev–Trinajstić information content (AvgIpc) is 2.82. The molecule has 1 saturated heterocycles. The summed E-state index contributed by atoms with van der Waals surface area (Å²) in [4.78, 5) is 6.58. The van der Waals surface area contributed by atoms with E-state index >= 15 is 0 Å². The van der Waals surface area contributed by atoms with Crippen molar-refractivity contribution in [1.82, 2.24) is 10.2 Å². The molecule has 22 heavy (non-hydrogen) atoms. The van der Waals surface area contributed by atoms with E-state index in [0.717, 1.165) is 31.0 Å². The van der Waals surface area contributed by atoms with Crippen LogP contribution in [-0.2, 0) is 0 Å². The third-order valence-corrected chi connectivity index (χ3v) is 4.27. The van der Waals surface area contributed by atoms with E-state index in [1.165, 1.54) is 12.1 Å². The number of nitrogens with one attached hydrogen (secondary N) is 1. The van der Waals surface area contributed by atoms with E-state index in [0.29, 0.717) is 12.0 Å². The second-order valence-corrected chi connectivity index (χ2v) is 6.84. The van der Waals surface area contributed by atoms with E-state index in [9.17, 15) is 8.78 Å². The smallest absolute Gasteiger partial charge is 0.193 e. The fourth-order valence-electron chi connectivity index (χ4n) is 2.81. The molecule has 0 spiro atoms. The Balaban J connectivity index is 1.94. The van der Waals surface area contributed by atoms with Crippen molar-refractivity contribution in [1.29, 1.82) is 0 Å². The summed E-state index contributed by atoms with van der Waals surface area (Å²) in [6, 6.07) is 4.08. The summed E-state index contributed by atoms with van der Waals surface area (Å²) in [5, 5.41) is 3.34. The Hall–Kier alpha value is -1.65. The molecular formula is C17H25F2N3. The Bertz CT molecular complexity index is 555. The molecule has 1 unspecified atom stereocenters. The van der Waals surface area contributed by atoms with Crippen LogP contribution in [0, 0.1) is 17.0 Å². The van der Waals surface area contributed by atoms with Gasteiger partial charge in [-0.2, -0.15) is 0 Å². The molecule has 122 valence electrons. The fourth-order valence-corrected chi connectivity index (χ4v) is 2.81. The minimum Gasteiger partial charge on any atom is -0.356 e. The highest BCUT2D eigenvalue weighted by atomic mass is 19.2. The lowest BCUT2D eigenvalue weighted by Gasteiger charge is -2.25. The molecule has 0 aliphatic carbocycles. The molecule has 1 aromatic carbocycles. The van der Waals surface area contributed by atoms with Gasteiger partial charge in [0.15, 0.2) is 17.6 Å². The highest BCUT2D eigenvalue weighted by Crippen LogP contribution is 2.28. The largest absolute Gasteiger partial charge is 0.356 e. The molecule has 1 aliphatic heterocycles. The summed E-state index contributed by atoms with van der Waals surface area (Å²) in [6.45, 7) is 9.10. The highest BCUT2D eigenvalue weighted by Gasteiger charge is 2.30. The first-order chi connectivity index (χ1) is 10.3. The lowest BCUT2D eigenvalue weighted by molar-refractivity contribution is 0.369. The molecule has 0 radical (unpaired) electrons. The predicted octanol–water partition coefficient (Wildman–Crippen LogP) is 3.38. The maximum atomic E-state index is 13.3. The molecule has 5 heteroatoms. The van der Waals surface area contributed by atoms with Gasteiger partial charge in [0, 0.05) is 26.7 Å². The summed E-state index contributed by atoms with van der Waals surface area (Å²) >= 11 is 0. The number of nitrogens with zero attached hydrogens (tertiary/aromatic N) is 2. The van der Waals surface area contributed by atoms with Gasteiger partial charge in [0.2, 0.25) is 0 Å². The van der Waals surface area contributed by atoms with Crippen LogP contribution >= 0.6 is 0 Å². The summed E-state index contributed by atoms with van der Waals surface area (Å²) in [5.74, 6) is -0.656. The van der Waals surface area contributed by atoms with E-state index in [-0.39, 0.29) is 5.92 Å². The normalized spacial score (nSPS) is 19.4. The Morgan fingerprint density at radius 2 is 2.09 bits per heavy atom. The summed E-state index contributed by atoms with van der Waals surface area (Å²) in [7, 11) is 1.77. The van der Waals surface area contributed by atoms with E-state index < -0.39 is 11.6 Å². The van der Waals surface area contributed by atoms with E-state index in [1.807, 2.05) is 6.92 Å². The van der Waals surface area contributed by atoms with Crippen molar-refractivity contribution in [2.45, 2.75) is 33.1 Å². The zero-order chi connectivity index (χ0) is 16.3. The Morgan fingerprint density at radius 3 is 2.64 bits per heavy atom. The van der Waals surface area contributed by atoms with Gasteiger partial charge in [-0.25, -0.2) is 8.78 Å². The van der Waals surface area contributed by atoms with Crippen LogP contribution in [0.25, 0.3) is 0 Å². The topological polar surface area (TPSA) is 27.6 Å². The van der Waals surface area contributed by atoms with Crippen LogP contribution in [-0.4, -0.2) is 37.5 Å². The lowest BCUT2D eigenvalue weighted by atomic mass is 9.93. The van der Waals surface area contributed by atoms with Crippen LogP contribution in [0.2, 0.25) is 0 Å². The van der Waals surface area contributed by atoms with Crippen LogP contribution in [0.15, 0.2) is 23.2 Å². The fraction of sp³-hybridized carbons (Fsp3) is 0.588. The van der Waals surface area contributed by atoms with E-state index in [4.69, 9.17) is 0 Å². The maximum absolute atomic E-state index is 13.3. The third kappa shape index (κ3) is 3.96. The van der Waals surface area contributed by atoms with Gasteiger partial charge in [0.05, 0.1) is 0 Å². The predicted molar refractivity (Wildman–Crippen MR) is 86.1 cm³/mol. The van der Waals surface area contributed by atoms with Crippen LogP contribution in [0.4, 0.5) is 8.78 Å². The summed E-state index contributed by atoms with van der Waals surface area (Å²) in [6.07, 6.45) is 1.15. The first-order valence-corrected chi connectivity index (χ1v) is 7.73. The summed E-state index contributed by atoms with van der Waals surface area (Å²) in [5.41, 5.74) is 1.09. The zero-order valence-corrected chi connectivity index (χ0v) is 13.8. The molecule has 1 atom stereocenters. The number of hydrogen-bond donors (Lipinski definition) is 1. The monoisotopic (exact) mass is 309 g/mol. The average molecular weight is 309 g/mol. The van der Waals surface area contributed by atoms with Crippen molar-refractivity contribution < 1.29 is 8.78 Å². The van der Waals surface area contributed by atoms with Crippen LogP contribution in [0.5, 0.6) is 0 Å². The molecule has 1 aliphatic rings. The number of aliphatic imine (C=N–C) groups is 1. The third-order valence-electron chi connectivity index (χ3n) is 4.27. The van der Waals surface area contributed by atoms with Gasteiger partial charge in [0.25, 0.3) is 0 Å². The Morgan fingerprint density at radius 1 is 1.36 bits per heavy atom. The van der Waals surface area contributed by atoms with Crippen molar-refractivity contribution in [3.05, 3.63) is 35.4 Å². The highest BCUT2D eigenvalue weighted by molar-refractivity contribution is 5.80. The van der Waals surface area contributed by atoms with Gasteiger partial charge in [0.1, 0.15) is 0 Å². The second kappa shape index (κ2) is 6.63. The zero-order valence-electron chi connectivity index (χ0n) is 13.8. The van der Waals surface area contributed by atoms with Gasteiger partial charge >= 0.3 is 0 Å². The first-order valence-electron chi connectivity index (χ1n) is 7.73. The van der Waals surface area contributed by atoms with Crippen LogP contribution in [0.1, 0.15) is 38.7 Å². The summed E-state index contributed by atoms with van der Waals surface area (Å²) < 4.78 is 26.3. The lowest BCUT2D eigenvalue weighted by Crippen LogP contribution is -2.42. The molecule has 2 rings (SSSR count). The van der Waals surface area contributed by atoms with Gasteiger partial charge in [-0.3, -0.25) is 4.99 Å². The van der Waals surface area contributed by atoms with Crippen molar-refractivity contribution >= 4 is 5.96 Å². The van der Waals surface area contributed by atoms with Gasteiger partial charge in [-0.05, 0) is 35.4 Å². The molecule has 1 heterocycles. The van der Waals surface area contributed by atoms with E-state index in [1.54, 1.807) is 13.1 Å². The maximum Gasteiger partial charge on any atom is 0.193 e. The molecule has 3 nitrogen and oxygen atoms in total. The van der Waals surface area contributed by atoms with Crippen molar-refractivity contribution in [2.75, 3.05) is 26.7 Å². The van der Waals surface area contributed by atoms with E-state index in [2.05, 4.69) is 29.1 Å². The first kappa shape index (κ1) is 16.7. The molecule has 0 aromatic heterocycles. The standard InChI is InChI=1S/C17H25F2N3/c1-12(13-5-6-14(18)15(19)9-13)10-21-16(20-4)22-8-7-17(2,3)11-22/h5-6,9,12H,7-8,10-11H2,1-4H3,(H,20,21). The molecular weight excluding hydrogens is 284 g/mol. The molecule has 0 amide bonds. The van der Waals surface area contributed by atoms with Crippen LogP contribution in [0.3, 0.4) is 0 Å². The van der Waals surface area contributed by atoms with Crippen molar-refractivity contribution in [3.8, 4) is 0 Å². The van der Waals surface area contributed by atoms with Gasteiger partial charge < -0.3 is 10.2 Å². The number of guanidine groups is 1. The molecule has 0 saturated carbocycles. The van der Waals surface area contributed by atoms with Gasteiger partial charge in [-0.1, -0.05) is 26.8 Å². The molecule has 1 aromatic rings. The quantitative estimate of drug-likeness (QED) is 0.685. The molecule has 1 fully saturated rings. The molecule has 0 bridgehead atoms. The SMILES string of the molecule is CN=C(NCC(C)c1ccc(F)c(F)c1)N1CCC(C)(C)C1. The Kier molecular flexibility index (Phi) is 5.04. The minimum absolute atomic E-state index is 0.0717. The van der Waals surface area contributed by atoms with Crippen LogP contribution < -0.4 is 5.32 Å². The number of likely N-dealkylation sites (tertiary alicyclic amines) is 1. The van der Waals surface area contributed by atoms with Crippen molar-refractivity contribution in [3.63, 3.8) is 0 Å². The van der Waals surface area contributed by atoms with Gasteiger partial charge in [-0.15, -0.1) is 0 Å². The number of hydrogen-bond acceptors (Lipinski definition) is 1. The second-order valence-electron chi connectivity index (χ2n) is 6.84. The molecule has 1 N–H and O–H groups in total. The number of rotatable bonds is 3. The minimum atomic E-state index is -0.806. The Labute approximate surface area is 131 Å². The number of halogens is 2. The number of benzene rings is 1. The van der Waals surface area contributed by atoms with Crippen molar-refractivity contribution in [2.24, 2.45) is 10.4 Å².